The maximum atomic E-state index is 11.4. The van der Waals surface area contributed by atoms with E-state index in [9.17, 15) is 4.79 Å². The number of hydrogen-bond acceptors (Lipinski definition) is 4. The molecule has 0 saturated heterocycles. The largest absolute Gasteiger partial charge is 0.466 e. The predicted octanol–water partition coefficient (Wildman–Crippen LogP) is 2.92. The highest BCUT2D eigenvalue weighted by Crippen LogP contribution is 2.30. The number of halogens is 1. The zero-order chi connectivity index (χ0) is 12.8. The smallest absolute Gasteiger partial charge is 0.337 e. The number of carbonyl (C=O) groups excluding carboxylic acids is 1. The van der Waals surface area contributed by atoms with Crippen molar-refractivity contribution in [1.82, 2.24) is 0 Å². The Balaban J connectivity index is 2.94. The average molecular weight is 303 g/mol. The summed E-state index contributed by atoms with van der Waals surface area (Å²) in [6, 6.07) is 3.37. The van der Waals surface area contributed by atoms with Crippen LogP contribution >= 0.6 is 15.9 Å². The number of ether oxygens (including phenoxy) is 3. The van der Waals surface area contributed by atoms with E-state index in [2.05, 4.69) is 20.7 Å². The molecule has 17 heavy (non-hydrogen) atoms. The van der Waals surface area contributed by atoms with E-state index in [1.54, 1.807) is 12.1 Å². The van der Waals surface area contributed by atoms with Gasteiger partial charge in [-0.25, -0.2) is 4.79 Å². The molecule has 5 heteroatoms. The van der Waals surface area contributed by atoms with E-state index < -0.39 is 0 Å². The minimum atomic E-state index is -0.387. The van der Waals surface area contributed by atoms with Gasteiger partial charge in [0.2, 0.25) is 0 Å². The number of aryl methyl sites for hydroxylation is 1. The molecule has 0 fully saturated rings. The van der Waals surface area contributed by atoms with E-state index in [0.717, 1.165) is 10.0 Å². The Labute approximate surface area is 109 Å². The van der Waals surface area contributed by atoms with Gasteiger partial charge in [0.1, 0.15) is 5.75 Å². The van der Waals surface area contributed by atoms with Crippen LogP contribution in [0.1, 0.15) is 22.8 Å². The van der Waals surface area contributed by atoms with Gasteiger partial charge in [-0.1, -0.05) is 0 Å². The first-order valence-electron chi connectivity index (χ1n) is 5.19. The monoisotopic (exact) mass is 302 g/mol. The third-order valence-corrected chi connectivity index (χ3v) is 3.16. The van der Waals surface area contributed by atoms with Crippen LogP contribution in [0.25, 0.3) is 0 Å². The van der Waals surface area contributed by atoms with Gasteiger partial charge >= 0.3 is 5.97 Å². The zero-order valence-corrected chi connectivity index (χ0v) is 11.7. The van der Waals surface area contributed by atoms with Gasteiger partial charge < -0.3 is 14.2 Å². The van der Waals surface area contributed by atoms with Crippen molar-refractivity contribution in [3.05, 3.63) is 27.7 Å². The van der Waals surface area contributed by atoms with Crippen molar-refractivity contribution in [3.8, 4) is 5.75 Å². The van der Waals surface area contributed by atoms with Crippen LogP contribution in [0, 0.1) is 6.92 Å². The minimum absolute atomic E-state index is 0.152. The molecule has 0 saturated carbocycles. The molecule has 0 aromatic heterocycles. The van der Waals surface area contributed by atoms with Crippen LogP contribution in [0.3, 0.4) is 0 Å². The summed E-state index contributed by atoms with van der Waals surface area (Å²) in [5.41, 5.74) is 1.36. The molecule has 1 rings (SSSR count). The van der Waals surface area contributed by atoms with E-state index in [1.807, 2.05) is 13.8 Å². The van der Waals surface area contributed by atoms with Crippen molar-refractivity contribution < 1.29 is 19.0 Å². The Morgan fingerprint density at radius 2 is 2.12 bits per heavy atom. The number of methoxy groups -OCH3 is 1. The second-order valence-electron chi connectivity index (χ2n) is 3.35. The van der Waals surface area contributed by atoms with E-state index in [-0.39, 0.29) is 12.8 Å². The number of rotatable bonds is 5. The van der Waals surface area contributed by atoms with E-state index in [4.69, 9.17) is 9.47 Å². The molecular weight excluding hydrogens is 288 g/mol. The molecule has 94 valence electrons. The van der Waals surface area contributed by atoms with Crippen LogP contribution in [-0.4, -0.2) is 26.5 Å². The Hall–Kier alpha value is -1.07. The van der Waals surface area contributed by atoms with E-state index >= 15 is 0 Å². The summed E-state index contributed by atoms with van der Waals surface area (Å²) < 4.78 is 16.0. The second kappa shape index (κ2) is 6.61. The van der Waals surface area contributed by atoms with Crippen molar-refractivity contribution in [2.45, 2.75) is 13.8 Å². The molecule has 0 bridgehead atoms. The van der Waals surface area contributed by atoms with Crippen molar-refractivity contribution in [2.24, 2.45) is 0 Å². The fourth-order valence-electron chi connectivity index (χ4n) is 1.27. The number of carbonyl (C=O) groups is 1. The lowest BCUT2D eigenvalue weighted by atomic mass is 10.1. The highest BCUT2D eigenvalue weighted by molar-refractivity contribution is 9.10. The molecule has 0 amide bonds. The molecule has 0 heterocycles. The molecule has 0 radical (unpaired) electrons. The lowest BCUT2D eigenvalue weighted by molar-refractivity contribution is 0.0217. The van der Waals surface area contributed by atoms with Crippen LogP contribution in [-0.2, 0) is 9.47 Å². The van der Waals surface area contributed by atoms with Crippen LogP contribution in [0.2, 0.25) is 0 Å². The molecule has 0 aliphatic carbocycles. The van der Waals surface area contributed by atoms with E-state index in [1.165, 1.54) is 7.11 Å². The van der Waals surface area contributed by atoms with Crippen molar-refractivity contribution in [3.63, 3.8) is 0 Å². The third-order valence-electron chi connectivity index (χ3n) is 2.14. The first-order chi connectivity index (χ1) is 8.10. The fraction of sp³-hybridized carbons (Fsp3) is 0.417. The molecule has 0 N–H and O–H groups in total. The van der Waals surface area contributed by atoms with Gasteiger partial charge in [-0.2, -0.15) is 0 Å². The van der Waals surface area contributed by atoms with Crippen molar-refractivity contribution in [1.29, 1.82) is 0 Å². The molecule has 0 atom stereocenters. The normalized spacial score (nSPS) is 10.1. The molecule has 0 aliphatic rings. The first-order valence-corrected chi connectivity index (χ1v) is 5.98. The van der Waals surface area contributed by atoms with Crippen LogP contribution in [0.5, 0.6) is 5.75 Å². The predicted molar refractivity (Wildman–Crippen MR) is 67.3 cm³/mol. The Morgan fingerprint density at radius 3 is 2.71 bits per heavy atom. The zero-order valence-electron chi connectivity index (χ0n) is 10.1. The van der Waals surface area contributed by atoms with Crippen molar-refractivity contribution >= 4 is 21.9 Å². The third kappa shape index (κ3) is 3.71. The van der Waals surface area contributed by atoms with E-state index in [0.29, 0.717) is 17.9 Å². The Bertz CT molecular complexity index is 404. The van der Waals surface area contributed by atoms with Crippen LogP contribution in [0.15, 0.2) is 16.6 Å². The number of hydrogen-bond donors (Lipinski definition) is 0. The highest BCUT2D eigenvalue weighted by atomic mass is 79.9. The van der Waals surface area contributed by atoms with Gasteiger partial charge in [-0.15, -0.1) is 0 Å². The molecule has 0 aliphatic heterocycles. The summed E-state index contributed by atoms with van der Waals surface area (Å²) in [6.45, 7) is 4.49. The van der Waals surface area contributed by atoms with Gasteiger partial charge in [0.05, 0.1) is 17.1 Å². The summed E-state index contributed by atoms with van der Waals surface area (Å²) in [5.74, 6) is 0.181. The lowest BCUT2D eigenvalue weighted by Gasteiger charge is -2.11. The molecule has 0 spiro atoms. The standard InChI is InChI=1S/C12H15BrO4/c1-4-16-7-17-10-6-9(12(14)15-3)5-8(2)11(10)13/h5-6H,4,7H2,1-3H3. The highest BCUT2D eigenvalue weighted by Gasteiger charge is 2.12. The van der Waals surface area contributed by atoms with Gasteiger partial charge in [0, 0.05) is 6.61 Å². The molecule has 0 unspecified atom stereocenters. The molecule has 1 aromatic rings. The Kier molecular flexibility index (Phi) is 5.44. The number of benzene rings is 1. The summed E-state index contributed by atoms with van der Waals surface area (Å²) in [7, 11) is 1.35. The quantitative estimate of drug-likeness (QED) is 0.476. The van der Waals surface area contributed by atoms with Crippen LogP contribution in [0.4, 0.5) is 0 Å². The van der Waals surface area contributed by atoms with Gasteiger partial charge in [-0.3, -0.25) is 0 Å². The Morgan fingerprint density at radius 1 is 1.41 bits per heavy atom. The average Bonchev–Trinajstić information content (AvgIpc) is 2.33. The van der Waals surface area contributed by atoms with Crippen molar-refractivity contribution in [2.75, 3.05) is 20.5 Å². The fourth-order valence-corrected chi connectivity index (χ4v) is 1.61. The summed E-state index contributed by atoms with van der Waals surface area (Å²) in [5, 5.41) is 0. The number of esters is 1. The van der Waals surface area contributed by atoms with Gasteiger partial charge in [-0.05, 0) is 47.5 Å². The SMILES string of the molecule is CCOCOc1cc(C(=O)OC)cc(C)c1Br. The molecular formula is C12H15BrO4. The molecule has 4 nitrogen and oxygen atoms in total. The summed E-state index contributed by atoms with van der Waals surface area (Å²) in [6.07, 6.45) is 0. The molecule has 1 aromatic carbocycles. The lowest BCUT2D eigenvalue weighted by Crippen LogP contribution is -2.06. The van der Waals surface area contributed by atoms with Crippen LogP contribution < -0.4 is 4.74 Å². The second-order valence-corrected chi connectivity index (χ2v) is 4.14. The first kappa shape index (κ1) is 14.0. The summed E-state index contributed by atoms with van der Waals surface area (Å²) >= 11 is 3.40. The summed E-state index contributed by atoms with van der Waals surface area (Å²) in [4.78, 5) is 11.4. The van der Waals surface area contributed by atoms with Gasteiger partial charge in [0.15, 0.2) is 6.79 Å². The maximum Gasteiger partial charge on any atom is 0.337 e. The topological polar surface area (TPSA) is 44.8 Å². The maximum absolute atomic E-state index is 11.4. The minimum Gasteiger partial charge on any atom is -0.466 e. The van der Waals surface area contributed by atoms with Gasteiger partial charge in [0.25, 0.3) is 0 Å².